The van der Waals surface area contributed by atoms with Gasteiger partial charge >= 0.3 is 5.97 Å². The average Bonchev–Trinajstić information content (AvgIpc) is 3.08. The highest BCUT2D eigenvalue weighted by Crippen LogP contribution is 2.73. The summed E-state index contributed by atoms with van der Waals surface area (Å²) in [6.45, 7) is 7.62. The van der Waals surface area contributed by atoms with Crippen LogP contribution in [-0.2, 0) is 9.53 Å². The van der Waals surface area contributed by atoms with Crippen molar-refractivity contribution in [1.82, 2.24) is 0 Å². The van der Waals surface area contributed by atoms with Crippen molar-refractivity contribution in [2.75, 3.05) is 0 Å². The van der Waals surface area contributed by atoms with E-state index in [2.05, 4.69) is 13.5 Å². The number of aliphatic hydroxyl groups is 1. The molecule has 0 aromatic carbocycles. The van der Waals surface area contributed by atoms with Gasteiger partial charge in [-0.3, -0.25) is 0 Å². The van der Waals surface area contributed by atoms with Crippen LogP contribution in [0.15, 0.2) is 12.7 Å². The maximum absolute atomic E-state index is 11.8. The summed E-state index contributed by atoms with van der Waals surface area (Å²) in [5, 5.41) is 11.4. The smallest absolute Gasteiger partial charge is 0.330 e. The monoisotopic (exact) mass is 278 g/mol. The minimum absolute atomic E-state index is 0.240. The molecule has 3 nitrogen and oxygen atoms in total. The zero-order valence-electron chi connectivity index (χ0n) is 12.7. The normalized spacial score (nSPS) is 45.0. The fourth-order valence-electron chi connectivity index (χ4n) is 5.96. The van der Waals surface area contributed by atoms with E-state index in [1.807, 2.05) is 6.92 Å². The van der Waals surface area contributed by atoms with Crippen LogP contribution in [0.25, 0.3) is 0 Å². The minimum atomic E-state index is -0.623. The van der Waals surface area contributed by atoms with Gasteiger partial charge in [0.25, 0.3) is 0 Å². The molecule has 3 aliphatic rings. The molecule has 3 heteroatoms. The molecule has 0 amide bonds. The van der Waals surface area contributed by atoms with E-state index in [9.17, 15) is 9.90 Å². The molecule has 3 saturated carbocycles. The fourth-order valence-corrected chi connectivity index (χ4v) is 5.96. The van der Waals surface area contributed by atoms with E-state index in [0.29, 0.717) is 11.8 Å². The molecule has 0 aromatic heterocycles. The lowest BCUT2D eigenvalue weighted by Crippen LogP contribution is -2.62. The molecule has 1 N–H and O–H groups in total. The molecule has 0 aromatic rings. The summed E-state index contributed by atoms with van der Waals surface area (Å²) in [6, 6.07) is 0. The summed E-state index contributed by atoms with van der Waals surface area (Å²) in [4.78, 5) is 11.8. The van der Waals surface area contributed by atoms with E-state index in [-0.39, 0.29) is 11.4 Å². The van der Waals surface area contributed by atoms with Gasteiger partial charge in [0.1, 0.15) is 5.60 Å². The van der Waals surface area contributed by atoms with Crippen molar-refractivity contribution in [3.05, 3.63) is 12.7 Å². The van der Waals surface area contributed by atoms with Crippen molar-refractivity contribution in [3.8, 4) is 0 Å². The molecule has 0 radical (unpaired) electrons. The Labute approximate surface area is 121 Å². The van der Waals surface area contributed by atoms with Crippen molar-refractivity contribution in [2.45, 2.75) is 70.0 Å². The van der Waals surface area contributed by atoms with Crippen LogP contribution in [0, 0.1) is 17.3 Å². The molecule has 0 spiro atoms. The van der Waals surface area contributed by atoms with Crippen molar-refractivity contribution < 1.29 is 14.6 Å². The van der Waals surface area contributed by atoms with Gasteiger partial charge < -0.3 is 9.84 Å². The third kappa shape index (κ3) is 1.42. The molecule has 112 valence electrons. The Kier molecular flexibility index (Phi) is 3.06. The van der Waals surface area contributed by atoms with Crippen LogP contribution >= 0.6 is 0 Å². The maximum Gasteiger partial charge on any atom is 0.330 e. The molecule has 0 aliphatic heterocycles. The summed E-state index contributed by atoms with van der Waals surface area (Å²) in [7, 11) is 0. The number of hydrogen-bond acceptors (Lipinski definition) is 3. The molecule has 3 fully saturated rings. The Morgan fingerprint density at radius 2 is 2.15 bits per heavy atom. The fraction of sp³-hybridized carbons (Fsp3) is 0.824. The van der Waals surface area contributed by atoms with Crippen LogP contribution in [0.3, 0.4) is 0 Å². The van der Waals surface area contributed by atoms with Gasteiger partial charge in [-0.1, -0.05) is 13.5 Å². The number of rotatable bonds is 4. The zero-order valence-corrected chi connectivity index (χ0v) is 12.7. The SMILES string of the molecule is C=CC(=O)OC(C)(CC)C12CCCC1(O)C1CCC2C1. The molecule has 0 saturated heterocycles. The van der Waals surface area contributed by atoms with Crippen LogP contribution in [0.2, 0.25) is 0 Å². The van der Waals surface area contributed by atoms with Crippen LogP contribution in [0.4, 0.5) is 0 Å². The van der Waals surface area contributed by atoms with Crippen molar-refractivity contribution in [1.29, 1.82) is 0 Å². The predicted octanol–water partition coefficient (Wildman–Crippen LogP) is 3.22. The molecule has 2 bridgehead atoms. The maximum atomic E-state index is 11.8. The van der Waals surface area contributed by atoms with Gasteiger partial charge in [0.2, 0.25) is 0 Å². The van der Waals surface area contributed by atoms with Crippen molar-refractivity contribution >= 4 is 5.97 Å². The first-order valence-corrected chi connectivity index (χ1v) is 8.01. The van der Waals surface area contributed by atoms with E-state index in [0.717, 1.165) is 38.5 Å². The second-order valence-corrected chi connectivity index (χ2v) is 7.17. The first kappa shape index (κ1) is 14.1. The molecule has 0 heterocycles. The van der Waals surface area contributed by atoms with Crippen LogP contribution in [-0.4, -0.2) is 22.3 Å². The van der Waals surface area contributed by atoms with E-state index < -0.39 is 11.2 Å². The molecule has 20 heavy (non-hydrogen) atoms. The van der Waals surface area contributed by atoms with Gasteiger partial charge in [0.15, 0.2) is 0 Å². The van der Waals surface area contributed by atoms with Crippen LogP contribution in [0.1, 0.15) is 58.8 Å². The number of hydrogen-bond donors (Lipinski definition) is 1. The molecular formula is C17H26O3. The first-order chi connectivity index (χ1) is 9.43. The average molecular weight is 278 g/mol. The molecular weight excluding hydrogens is 252 g/mol. The van der Waals surface area contributed by atoms with Crippen molar-refractivity contribution in [2.24, 2.45) is 17.3 Å². The Morgan fingerprint density at radius 3 is 2.80 bits per heavy atom. The molecule has 3 aliphatic carbocycles. The lowest BCUT2D eigenvalue weighted by atomic mass is 9.56. The van der Waals surface area contributed by atoms with Gasteiger partial charge in [-0.15, -0.1) is 0 Å². The number of carbonyl (C=O) groups is 1. The van der Waals surface area contributed by atoms with Crippen LogP contribution in [0.5, 0.6) is 0 Å². The van der Waals surface area contributed by atoms with Gasteiger partial charge in [-0.2, -0.15) is 0 Å². The largest absolute Gasteiger partial charge is 0.456 e. The molecule has 3 rings (SSSR count). The minimum Gasteiger partial charge on any atom is -0.456 e. The first-order valence-electron chi connectivity index (χ1n) is 8.01. The predicted molar refractivity (Wildman–Crippen MR) is 77.0 cm³/mol. The Hall–Kier alpha value is -0.830. The van der Waals surface area contributed by atoms with E-state index in [4.69, 9.17) is 4.74 Å². The number of ether oxygens (including phenoxy) is 1. The Morgan fingerprint density at radius 1 is 1.45 bits per heavy atom. The summed E-state index contributed by atoms with van der Waals surface area (Å²) >= 11 is 0. The highest BCUT2D eigenvalue weighted by Gasteiger charge is 2.75. The summed E-state index contributed by atoms with van der Waals surface area (Å²) in [5.41, 5.74) is -1.44. The van der Waals surface area contributed by atoms with Gasteiger partial charge in [0.05, 0.1) is 5.60 Å². The van der Waals surface area contributed by atoms with Gasteiger partial charge in [-0.05, 0) is 63.7 Å². The standard InChI is InChI=1S/C17H26O3/c1-4-14(18)20-15(3,5-2)16-9-6-10-17(16,19)13-8-7-12(16)11-13/h4,12-13,19H,1,5-11H2,2-3H3. The highest BCUT2D eigenvalue weighted by molar-refractivity contribution is 5.81. The summed E-state index contributed by atoms with van der Waals surface area (Å²) in [6.07, 6.45) is 8.31. The third-order valence-corrected chi connectivity index (χ3v) is 6.82. The molecule has 5 atom stereocenters. The summed E-state index contributed by atoms with van der Waals surface area (Å²) < 4.78 is 5.83. The Bertz CT molecular complexity index is 446. The topological polar surface area (TPSA) is 46.5 Å². The lowest BCUT2D eigenvalue weighted by molar-refractivity contribution is -0.217. The zero-order chi connectivity index (χ0) is 14.6. The van der Waals surface area contributed by atoms with E-state index in [1.165, 1.54) is 12.5 Å². The van der Waals surface area contributed by atoms with Crippen molar-refractivity contribution in [3.63, 3.8) is 0 Å². The second-order valence-electron chi connectivity index (χ2n) is 7.17. The second kappa shape index (κ2) is 4.33. The number of esters is 1. The lowest BCUT2D eigenvalue weighted by Gasteiger charge is -2.55. The van der Waals surface area contributed by atoms with E-state index >= 15 is 0 Å². The quantitative estimate of drug-likeness (QED) is 0.634. The number of carbonyl (C=O) groups excluding carboxylic acids is 1. The van der Waals surface area contributed by atoms with E-state index in [1.54, 1.807) is 0 Å². The third-order valence-electron chi connectivity index (χ3n) is 6.82. The van der Waals surface area contributed by atoms with Gasteiger partial charge in [0, 0.05) is 11.5 Å². The summed E-state index contributed by atoms with van der Waals surface area (Å²) in [5.74, 6) is 0.548. The number of fused-ring (bicyclic) bond motifs is 5. The van der Waals surface area contributed by atoms with Crippen LogP contribution < -0.4 is 0 Å². The highest BCUT2D eigenvalue weighted by atomic mass is 16.6. The molecule has 5 unspecified atom stereocenters. The van der Waals surface area contributed by atoms with Gasteiger partial charge in [-0.25, -0.2) is 4.79 Å². The Balaban J connectivity index is 2.05.